The quantitative estimate of drug-likeness (QED) is 0.291. The van der Waals surface area contributed by atoms with Gasteiger partial charge in [0.1, 0.15) is 29.3 Å². The number of aliphatic carboxylic acids is 1. The van der Waals surface area contributed by atoms with E-state index in [0.717, 1.165) is 0 Å². The lowest BCUT2D eigenvalue weighted by molar-refractivity contribution is -0.156. The highest BCUT2D eigenvalue weighted by molar-refractivity contribution is 6.31. The Labute approximate surface area is 221 Å². The molecule has 4 rings (SSSR count). The van der Waals surface area contributed by atoms with Crippen LogP contribution in [-0.2, 0) is 25.0 Å². The van der Waals surface area contributed by atoms with E-state index in [1.165, 1.54) is 11.0 Å². The van der Waals surface area contributed by atoms with Crippen LogP contribution >= 0.6 is 11.6 Å². The Kier molecular flexibility index (Phi) is 7.78. The number of alkyl halides is 2. The van der Waals surface area contributed by atoms with E-state index < -0.39 is 54.5 Å². The van der Waals surface area contributed by atoms with E-state index in [-0.39, 0.29) is 42.9 Å². The van der Waals surface area contributed by atoms with E-state index in [1.54, 1.807) is 32.9 Å². The van der Waals surface area contributed by atoms with Crippen molar-refractivity contribution in [2.75, 3.05) is 24.7 Å². The number of furan rings is 1. The Morgan fingerprint density at radius 1 is 1.26 bits per heavy atom. The van der Waals surface area contributed by atoms with Crippen molar-refractivity contribution < 1.29 is 42.5 Å². The van der Waals surface area contributed by atoms with Gasteiger partial charge in [-0.3, -0.25) is 0 Å². The first-order chi connectivity index (χ1) is 17.7. The van der Waals surface area contributed by atoms with Gasteiger partial charge in [-0.25, -0.2) is 19.6 Å². The van der Waals surface area contributed by atoms with Crippen LogP contribution in [0.2, 0.25) is 5.02 Å². The first-order valence-corrected chi connectivity index (χ1v) is 12.4. The molecule has 0 bridgehead atoms. The lowest BCUT2D eigenvalue weighted by Gasteiger charge is -2.28. The summed E-state index contributed by atoms with van der Waals surface area (Å²) in [7, 11) is 0. The number of carboxylic acids is 1. The highest BCUT2D eigenvalue weighted by Gasteiger charge is 2.43. The number of benzene rings is 1. The van der Waals surface area contributed by atoms with E-state index in [2.05, 4.69) is 9.97 Å². The molecule has 206 valence electrons. The molecule has 0 unspecified atom stereocenters. The predicted octanol–water partition coefficient (Wildman–Crippen LogP) is 4.28. The second-order valence-electron chi connectivity index (χ2n) is 10.1. The second-order valence-corrected chi connectivity index (χ2v) is 10.6. The van der Waals surface area contributed by atoms with Gasteiger partial charge in [0.2, 0.25) is 5.82 Å². The van der Waals surface area contributed by atoms with Crippen LogP contribution < -0.4 is 4.90 Å². The summed E-state index contributed by atoms with van der Waals surface area (Å²) in [5.74, 6) is -6.24. The fourth-order valence-corrected chi connectivity index (χ4v) is 4.43. The zero-order chi connectivity index (χ0) is 27.8. The molecule has 13 heteroatoms. The van der Waals surface area contributed by atoms with Crippen molar-refractivity contribution >= 4 is 51.4 Å². The molecule has 2 N–H and O–H groups in total. The number of hydrogen-bond donors (Lipinski definition) is 2. The van der Waals surface area contributed by atoms with Crippen molar-refractivity contribution in [1.82, 2.24) is 9.97 Å². The number of rotatable bonds is 9. The molecule has 1 aromatic carbocycles. The maximum Gasteiger partial charge on any atom is 0.329 e. The van der Waals surface area contributed by atoms with Crippen molar-refractivity contribution in [3.63, 3.8) is 0 Å². The molecule has 2 atom stereocenters. The molecule has 1 aliphatic rings. The Morgan fingerprint density at radius 3 is 2.68 bits per heavy atom. The fraction of sp³-hybridized carbons (Fsp3) is 0.520. The number of aliphatic hydroxyl groups excluding tert-OH is 1. The van der Waals surface area contributed by atoms with Crippen LogP contribution in [0.3, 0.4) is 0 Å². The molecule has 10 nitrogen and oxygen atoms in total. The van der Waals surface area contributed by atoms with Crippen molar-refractivity contribution in [3.05, 3.63) is 29.0 Å². The average molecular weight is 556 g/mol. The van der Waals surface area contributed by atoms with Crippen LogP contribution in [0.25, 0.3) is 22.1 Å². The largest absolute Gasteiger partial charge is 0.480 e. The number of carboxylic acid groups (broad SMARTS) is 1. The van der Waals surface area contributed by atoms with Gasteiger partial charge in [-0.15, -0.1) is 0 Å². The van der Waals surface area contributed by atoms with Crippen LogP contribution in [0.15, 0.2) is 22.6 Å². The van der Waals surface area contributed by atoms with E-state index in [4.69, 9.17) is 30.6 Å². The summed E-state index contributed by atoms with van der Waals surface area (Å²) in [6.07, 6.45) is -1.79. The van der Waals surface area contributed by atoms with E-state index in [0.29, 0.717) is 16.0 Å². The summed E-state index contributed by atoms with van der Waals surface area (Å²) in [5, 5.41) is 19.8. The van der Waals surface area contributed by atoms with Gasteiger partial charge >= 0.3 is 17.9 Å². The van der Waals surface area contributed by atoms with Gasteiger partial charge in [0.25, 0.3) is 0 Å². The molecule has 0 amide bonds. The standard InChI is InChI=1S/C25H28ClF2N3O7/c1-24(2,3)38-22(35)16-10-14(32)11-31(16)21-20-19(15-6-5-13(26)9-17(15)37-20)29-23(30-21)25(27,28)7-4-8-36-12-18(33)34/h5-6,9,14,16,32H,4,7-8,10-12H2,1-3H3,(H,33,34)/t14-,16-/m0/s1. The topological polar surface area (TPSA) is 135 Å². The van der Waals surface area contributed by atoms with Crippen molar-refractivity contribution in [1.29, 1.82) is 0 Å². The Morgan fingerprint density at radius 2 is 2.00 bits per heavy atom. The second kappa shape index (κ2) is 10.6. The van der Waals surface area contributed by atoms with Crippen LogP contribution in [-0.4, -0.2) is 69.6 Å². The van der Waals surface area contributed by atoms with Crippen molar-refractivity contribution in [3.8, 4) is 0 Å². The zero-order valence-electron chi connectivity index (χ0n) is 21.0. The van der Waals surface area contributed by atoms with Crippen LogP contribution in [0, 0.1) is 0 Å². The molecule has 3 aromatic rings. The molecule has 1 fully saturated rings. The normalized spacial score (nSPS) is 18.4. The summed E-state index contributed by atoms with van der Waals surface area (Å²) in [5.41, 5.74) is -0.356. The minimum Gasteiger partial charge on any atom is -0.480 e. The predicted molar refractivity (Wildman–Crippen MR) is 134 cm³/mol. The molecule has 0 radical (unpaired) electrons. The lowest BCUT2D eigenvalue weighted by Crippen LogP contribution is -2.41. The molecule has 1 aliphatic heterocycles. The molecule has 3 heterocycles. The minimum atomic E-state index is -3.52. The SMILES string of the molecule is CC(C)(C)OC(=O)[C@@H]1C[C@H](O)CN1c1nc(C(F)(F)CCCOCC(=O)O)nc2c1oc1cc(Cl)ccc12. The monoisotopic (exact) mass is 555 g/mol. The number of halogens is 3. The summed E-state index contributed by atoms with van der Waals surface area (Å²) in [4.78, 5) is 33.3. The van der Waals surface area contributed by atoms with Gasteiger partial charge in [-0.05, 0) is 39.3 Å². The third-order valence-electron chi connectivity index (χ3n) is 5.82. The highest BCUT2D eigenvalue weighted by Crippen LogP contribution is 2.40. The third kappa shape index (κ3) is 6.13. The average Bonchev–Trinajstić information content (AvgIpc) is 3.36. The molecule has 0 spiro atoms. The first-order valence-electron chi connectivity index (χ1n) is 12.0. The number of ether oxygens (including phenoxy) is 2. The lowest BCUT2D eigenvalue weighted by atomic mass is 10.1. The summed E-state index contributed by atoms with van der Waals surface area (Å²) < 4.78 is 47.0. The number of aromatic nitrogens is 2. The number of hydrogen-bond acceptors (Lipinski definition) is 9. The van der Waals surface area contributed by atoms with E-state index in [1.807, 2.05) is 0 Å². The zero-order valence-corrected chi connectivity index (χ0v) is 21.8. The number of fused-ring (bicyclic) bond motifs is 3. The third-order valence-corrected chi connectivity index (χ3v) is 6.06. The molecule has 1 saturated heterocycles. The number of carbonyl (C=O) groups excluding carboxylic acids is 1. The van der Waals surface area contributed by atoms with Gasteiger partial charge in [-0.1, -0.05) is 11.6 Å². The number of esters is 1. The van der Waals surface area contributed by atoms with Gasteiger partial charge in [0, 0.05) is 42.5 Å². The number of aliphatic hydroxyl groups is 1. The fourth-order valence-electron chi connectivity index (χ4n) is 4.27. The Hall–Kier alpha value is -3.09. The van der Waals surface area contributed by atoms with Gasteiger partial charge < -0.3 is 29.0 Å². The van der Waals surface area contributed by atoms with Crippen LogP contribution in [0.1, 0.15) is 45.9 Å². The number of anilines is 1. The highest BCUT2D eigenvalue weighted by atomic mass is 35.5. The smallest absolute Gasteiger partial charge is 0.329 e. The van der Waals surface area contributed by atoms with Gasteiger partial charge in [0.15, 0.2) is 11.4 Å². The maximum absolute atomic E-state index is 15.4. The summed E-state index contributed by atoms with van der Waals surface area (Å²) in [6.45, 7) is 4.25. The summed E-state index contributed by atoms with van der Waals surface area (Å²) in [6, 6.07) is 3.68. The molecular weight excluding hydrogens is 528 g/mol. The molecule has 0 saturated carbocycles. The Balaban J connectivity index is 1.77. The van der Waals surface area contributed by atoms with Crippen LogP contribution in [0.5, 0.6) is 0 Å². The van der Waals surface area contributed by atoms with Gasteiger partial charge in [0.05, 0.1) is 6.10 Å². The Bertz CT molecular complexity index is 1360. The number of carbonyl (C=O) groups is 2. The van der Waals surface area contributed by atoms with Crippen LogP contribution in [0.4, 0.5) is 14.6 Å². The maximum atomic E-state index is 15.4. The molecule has 0 aliphatic carbocycles. The number of nitrogens with zero attached hydrogens (tertiary/aromatic N) is 3. The van der Waals surface area contributed by atoms with Crippen molar-refractivity contribution in [2.24, 2.45) is 0 Å². The van der Waals surface area contributed by atoms with Crippen molar-refractivity contribution in [2.45, 2.75) is 63.7 Å². The van der Waals surface area contributed by atoms with E-state index in [9.17, 15) is 14.7 Å². The molecule has 2 aromatic heterocycles. The van der Waals surface area contributed by atoms with E-state index >= 15 is 8.78 Å². The minimum absolute atomic E-state index is 0.0130. The first kappa shape index (κ1) is 27.9. The molecular formula is C25H28ClF2N3O7. The van der Waals surface area contributed by atoms with Gasteiger partial charge in [-0.2, -0.15) is 8.78 Å². The summed E-state index contributed by atoms with van der Waals surface area (Å²) >= 11 is 6.10. The molecule has 38 heavy (non-hydrogen) atoms. The number of β-amino-alcohol motifs (C(OH)–C–C–N with tert-alkyl or cyclic N) is 1.